The van der Waals surface area contributed by atoms with Gasteiger partial charge in [-0.2, -0.15) is 0 Å². The number of carbonyl (C=O) groups excluding carboxylic acids is 1. The number of nitrogens with one attached hydrogen (secondary N) is 3. The van der Waals surface area contributed by atoms with E-state index in [1.165, 1.54) is 13.4 Å². The molecule has 0 aliphatic carbocycles. The number of anilines is 2. The third-order valence-corrected chi connectivity index (χ3v) is 5.20. The highest BCUT2D eigenvalue weighted by Crippen LogP contribution is 2.33. The average molecular weight is 470 g/mol. The lowest BCUT2D eigenvalue weighted by atomic mass is 9.99. The van der Waals surface area contributed by atoms with Gasteiger partial charge in [0, 0.05) is 0 Å². The second-order valence-electron chi connectivity index (χ2n) is 7.35. The van der Waals surface area contributed by atoms with Crippen molar-refractivity contribution in [2.24, 2.45) is 0 Å². The van der Waals surface area contributed by atoms with Crippen molar-refractivity contribution in [2.45, 2.75) is 6.04 Å². The number of hydrogen-bond donors (Lipinski definition) is 3. The average Bonchev–Trinajstić information content (AvgIpc) is 2.91. The number of para-hydroxylation sites is 1. The highest BCUT2D eigenvalue weighted by atomic mass is 16.6. The molecule has 1 amide bonds. The number of carbonyl (C=O) groups is 1. The van der Waals surface area contributed by atoms with Gasteiger partial charge < -0.3 is 10.1 Å². The SMILES string of the molecule is COc1ccccc1C(=O)NNc1ncnc(NC(c2ccccc2)c2ccccc2)c1[N+](=O)[O-]. The smallest absolute Gasteiger partial charge is 0.354 e. The number of benzene rings is 3. The van der Waals surface area contributed by atoms with Crippen LogP contribution in [0.15, 0.2) is 91.3 Å². The van der Waals surface area contributed by atoms with E-state index < -0.39 is 22.6 Å². The van der Waals surface area contributed by atoms with Gasteiger partial charge in [-0.1, -0.05) is 72.8 Å². The number of nitro groups is 1. The molecule has 176 valence electrons. The quantitative estimate of drug-likeness (QED) is 0.243. The minimum Gasteiger partial charge on any atom is -0.496 e. The second-order valence-corrected chi connectivity index (χ2v) is 7.35. The lowest BCUT2D eigenvalue weighted by Crippen LogP contribution is -2.30. The largest absolute Gasteiger partial charge is 0.496 e. The Morgan fingerprint density at radius 1 is 0.886 bits per heavy atom. The molecule has 4 aromatic rings. The first-order chi connectivity index (χ1) is 17.1. The van der Waals surface area contributed by atoms with E-state index in [2.05, 4.69) is 26.1 Å². The number of aromatic nitrogens is 2. The van der Waals surface area contributed by atoms with Gasteiger partial charge >= 0.3 is 5.69 Å². The summed E-state index contributed by atoms with van der Waals surface area (Å²) in [5.41, 5.74) is 6.62. The third kappa shape index (κ3) is 5.33. The highest BCUT2D eigenvalue weighted by Gasteiger charge is 2.26. The Kier molecular flexibility index (Phi) is 7.12. The van der Waals surface area contributed by atoms with Gasteiger partial charge in [0.1, 0.15) is 12.1 Å². The molecule has 3 aromatic carbocycles. The summed E-state index contributed by atoms with van der Waals surface area (Å²) in [4.78, 5) is 32.1. The van der Waals surface area contributed by atoms with E-state index in [9.17, 15) is 14.9 Å². The van der Waals surface area contributed by atoms with Gasteiger partial charge in [0.05, 0.1) is 23.6 Å². The van der Waals surface area contributed by atoms with Crippen LogP contribution >= 0.6 is 0 Å². The van der Waals surface area contributed by atoms with E-state index in [0.717, 1.165) is 11.1 Å². The van der Waals surface area contributed by atoms with Crippen LogP contribution in [0.2, 0.25) is 0 Å². The molecule has 0 unspecified atom stereocenters. The minimum absolute atomic E-state index is 0.00301. The van der Waals surface area contributed by atoms with E-state index in [1.54, 1.807) is 24.3 Å². The summed E-state index contributed by atoms with van der Waals surface area (Å²) >= 11 is 0. The topological polar surface area (TPSA) is 131 Å². The maximum absolute atomic E-state index is 12.6. The second kappa shape index (κ2) is 10.8. The van der Waals surface area contributed by atoms with Crippen molar-refractivity contribution >= 4 is 23.2 Å². The molecule has 1 heterocycles. The number of ether oxygens (including phenoxy) is 1. The predicted molar refractivity (Wildman–Crippen MR) is 131 cm³/mol. The first-order valence-electron chi connectivity index (χ1n) is 10.6. The molecule has 10 heteroatoms. The highest BCUT2D eigenvalue weighted by molar-refractivity contribution is 5.97. The van der Waals surface area contributed by atoms with Crippen molar-refractivity contribution in [2.75, 3.05) is 17.9 Å². The Hall–Kier alpha value is -4.99. The molecule has 35 heavy (non-hydrogen) atoms. The molecule has 10 nitrogen and oxygen atoms in total. The van der Waals surface area contributed by atoms with E-state index in [4.69, 9.17) is 4.74 Å². The molecule has 0 aliphatic heterocycles. The molecular weight excluding hydrogens is 448 g/mol. The van der Waals surface area contributed by atoms with E-state index in [0.29, 0.717) is 5.75 Å². The number of methoxy groups -OCH3 is 1. The van der Waals surface area contributed by atoms with Gasteiger partial charge in [0.25, 0.3) is 5.91 Å². The van der Waals surface area contributed by atoms with Crippen LogP contribution in [-0.2, 0) is 0 Å². The summed E-state index contributed by atoms with van der Waals surface area (Å²) in [5, 5.41) is 15.2. The van der Waals surface area contributed by atoms with Gasteiger partial charge in [-0.15, -0.1) is 0 Å². The number of hydrazine groups is 1. The normalized spacial score (nSPS) is 10.5. The Bertz CT molecular complexity index is 1280. The van der Waals surface area contributed by atoms with Gasteiger partial charge in [0.15, 0.2) is 0 Å². The predicted octanol–water partition coefficient (Wildman–Crippen LogP) is 4.35. The first-order valence-corrected chi connectivity index (χ1v) is 10.6. The van der Waals surface area contributed by atoms with E-state index in [-0.39, 0.29) is 17.2 Å². The standard InChI is InChI=1S/C25H22N6O4/c1-35-20-15-9-8-14-19(20)25(32)30-29-24-22(31(33)34)23(26-16-27-24)28-21(17-10-4-2-5-11-17)18-12-6-3-7-13-18/h2-16,21H,1H3,(H,30,32)(H2,26,27,28,29). The van der Waals surface area contributed by atoms with Gasteiger partial charge in [-0.3, -0.25) is 25.8 Å². The molecule has 0 fully saturated rings. The number of hydrogen-bond acceptors (Lipinski definition) is 8. The van der Waals surface area contributed by atoms with Crippen molar-refractivity contribution in [3.05, 3.63) is 118 Å². The maximum atomic E-state index is 12.6. The molecule has 0 bridgehead atoms. The van der Waals surface area contributed by atoms with E-state index >= 15 is 0 Å². The van der Waals surface area contributed by atoms with Gasteiger partial charge in [0.2, 0.25) is 11.6 Å². The fourth-order valence-electron chi connectivity index (χ4n) is 3.55. The lowest BCUT2D eigenvalue weighted by Gasteiger charge is -2.20. The lowest BCUT2D eigenvalue weighted by molar-refractivity contribution is -0.383. The van der Waals surface area contributed by atoms with Crippen LogP contribution in [0.5, 0.6) is 5.75 Å². The van der Waals surface area contributed by atoms with Crippen LogP contribution in [0, 0.1) is 10.1 Å². The zero-order valence-electron chi connectivity index (χ0n) is 18.7. The fraction of sp³-hybridized carbons (Fsp3) is 0.0800. The number of nitrogens with zero attached hydrogens (tertiary/aromatic N) is 3. The molecule has 1 aromatic heterocycles. The molecule has 0 radical (unpaired) electrons. The van der Waals surface area contributed by atoms with Crippen molar-refractivity contribution < 1.29 is 14.5 Å². The number of rotatable bonds is 9. The van der Waals surface area contributed by atoms with Crippen LogP contribution < -0.4 is 20.9 Å². The van der Waals surface area contributed by atoms with Crippen molar-refractivity contribution in [1.82, 2.24) is 15.4 Å². The Balaban J connectivity index is 1.64. The number of amides is 1. The molecule has 0 atom stereocenters. The minimum atomic E-state index is -0.604. The van der Waals surface area contributed by atoms with Crippen LogP contribution in [0.25, 0.3) is 0 Å². The zero-order valence-corrected chi connectivity index (χ0v) is 18.7. The van der Waals surface area contributed by atoms with Gasteiger partial charge in [-0.25, -0.2) is 9.97 Å². The molecule has 3 N–H and O–H groups in total. The molecule has 0 aliphatic rings. The monoisotopic (exact) mass is 470 g/mol. The summed E-state index contributed by atoms with van der Waals surface area (Å²) in [7, 11) is 1.45. The van der Waals surface area contributed by atoms with Crippen molar-refractivity contribution in [1.29, 1.82) is 0 Å². The van der Waals surface area contributed by atoms with Crippen molar-refractivity contribution in [3.8, 4) is 5.75 Å². The summed E-state index contributed by atoms with van der Waals surface area (Å²) in [5.74, 6) is -0.358. The Labute approximate surface area is 201 Å². The summed E-state index contributed by atoms with van der Waals surface area (Å²) < 4.78 is 5.19. The van der Waals surface area contributed by atoms with Crippen LogP contribution in [0.3, 0.4) is 0 Å². The Morgan fingerprint density at radius 2 is 1.46 bits per heavy atom. The molecule has 0 saturated carbocycles. The first kappa shape index (κ1) is 23.2. The van der Waals surface area contributed by atoms with Crippen LogP contribution in [0.4, 0.5) is 17.3 Å². The zero-order chi connectivity index (χ0) is 24.6. The van der Waals surface area contributed by atoms with Crippen molar-refractivity contribution in [3.63, 3.8) is 0 Å². The van der Waals surface area contributed by atoms with Crippen LogP contribution in [0.1, 0.15) is 27.5 Å². The van der Waals surface area contributed by atoms with Crippen LogP contribution in [-0.4, -0.2) is 27.9 Å². The summed E-state index contributed by atoms with van der Waals surface area (Å²) in [6, 6.07) is 25.2. The third-order valence-electron chi connectivity index (χ3n) is 5.20. The van der Waals surface area contributed by atoms with E-state index in [1.807, 2.05) is 60.7 Å². The maximum Gasteiger partial charge on any atom is 0.354 e. The molecule has 0 spiro atoms. The summed E-state index contributed by atoms with van der Waals surface area (Å²) in [6.07, 6.45) is 1.18. The molecular formula is C25H22N6O4. The molecule has 0 saturated heterocycles. The molecule has 4 rings (SSSR count). The Morgan fingerprint density at radius 3 is 2.06 bits per heavy atom. The van der Waals surface area contributed by atoms with Gasteiger partial charge in [-0.05, 0) is 23.3 Å². The summed E-state index contributed by atoms with van der Waals surface area (Å²) in [6.45, 7) is 0. The fourth-order valence-corrected chi connectivity index (χ4v) is 3.55.